The van der Waals surface area contributed by atoms with Gasteiger partial charge in [-0.3, -0.25) is 9.59 Å². The van der Waals surface area contributed by atoms with Gasteiger partial charge in [-0.2, -0.15) is 0 Å². The third kappa shape index (κ3) is 2.27. The van der Waals surface area contributed by atoms with E-state index in [1.807, 2.05) is 32.0 Å². The summed E-state index contributed by atoms with van der Waals surface area (Å²) in [5, 5.41) is 0. The van der Waals surface area contributed by atoms with Crippen molar-refractivity contribution in [1.29, 1.82) is 0 Å². The van der Waals surface area contributed by atoms with Gasteiger partial charge in [0.05, 0.1) is 12.1 Å². The Kier molecular flexibility index (Phi) is 3.08. The van der Waals surface area contributed by atoms with Crippen LogP contribution < -0.4 is 0 Å². The van der Waals surface area contributed by atoms with Crippen LogP contribution in [0, 0.1) is 0 Å². The van der Waals surface area contributed by atoms with E-state index in [0.717, 1.165) is 4.47 Å². The van der Waals surface area contributed by atoms with E-state index in [-0.39, 0.29) is 23.8 Å². The number of rotatable bonds is 1. The highest BCUT2D eigenvalue weighted by molar-refractivity contribution is 9.10. The lowest BCUT2D eigenvalue weighted by molar-refractivity contribution is -0.116. The van der Waals surface area contributed by atoms with Crippen molar-refractivity contribution in [2.45, 2.75) is 25.8 Å². The Morgan fingerprint density at radius 1 is 1.35 bits per heavy atom. The van der Waals surface area contributed by atoms with Crippen LogP contribution in [0.25, 0.3) is 0 Å². The van der Waals surface area contributed by atoms with E-state index in [9.17, 15) is 9.59 Å². The lowest BCUT2D eigenvalue weighted by atomic mass is 10.0. The van der Waals surface area contributed by atoms with Crippen molar-refractivity contribution >= 4 is 27.6 Å². The minimum absolute atomic E-state index is 0.0895. The van der Waals surface area contributed by atoms with E-state index in [1.54, 1.807) is 11.0 Å². The number of carbonyl (C=O) groups is 2. The van der Waals surface area contributed by atoms with Crippen molar-refractivity contribution in [3.05, 3.63) is 34.3 Å². The van der Waals surface area contributed by atoms with Gasteiger partial charge < -0.3 is 4.90 Å². The second-order valence-electron chi connectivity index (χ2n) is 4.90. The molecular formula is C13H14BrNO2. The summed E-state index contributed by atoms with van der Waals surface area (Å²) in [6.07, 6.45) is 0.434. The predicted octanol–water partition coefficient (Wildman–Crippen LogP) is 2.64. The van der Waals surface area contributed by atoms with E-state index >= 15 is 0 Å². The van der Waals surface area contributed by atoms with Gasteiger partial charge in [-0.1, -0.05) is 12.1 Å². The second-order valence-corrected chi connectivity index (χ2v) is 5.75. The Morgan fingerprint density at radius 2 is 2.00 bits per heavy atom. The smallest absolute Gasteiger partial charge is 0.255 e. The highest BCUT2D eigenvalue weighted by atomic mass is 79.9. The number of Topliss-reactive ketones (excluding diaryl/α,β-unsaturated/α-hetero) is 1. The van der Waals surface area contributed by atoms with E-state index in [4.69, 9.17) is 0 Å². The molecule has 1 heterocycles. The van der Waals surface area contributed by atoms with Gasteiger partial charge in [-0.05, 0) is 41.9 Å². The molecule has 0 aliphatic carbocycles. The monoisotopic (exact) mass is 295 g/mol. The van der Waals surface area contributed by atoms with Crippen molar-refractivity contribution in [2.24, 2.45) is 0 Å². The molecule has 0 radical (unpaired) electrons. The first-order valence-corrected chi connectivity index (χ1v) is 6.29. The maximum Gasteiger partial charge on any atom is 0.255 e. The minimum atomic E-state index is -0.385. The molecule has 0 bridgehead atoms. The van der Waals surface area contributed by atoms with Crippen molar-refractivity contribution in [3.8, 4) is 0 Å². The van der Waals surface area contributed by atoms with Crippen LogP contribution in [-0.2, 0) is 4.79 Å². The van der Waals surface area contributed by atoms with E-state index in [0.29, 0.717) is 12.0 Å². The summed E-state index contributed by atoms with van der Waals surface area (Å²) >= 11 is 3.36. The first kappa shape index (κ1) is 12.3. The molecule has 0 spiro atoms. The third-order valence-electron chi connectivity index (χ3n) is 3.04. The number of amides is 1. The second kappa shape index (κ2) is 4.26. The third-order valence-corrected chi connectivity index (χ3v) is 3.74. The molecule has 0 atom stereocenters. The summed E-state index contributed by atoms with van der Waals surface area (Å²) in [5.74, 6) is 0.0312. The van der Waals surface area contributed by atoms with E-state index in [1.165, 1.54) is 0 Å². The molecule has 1 amide bonds. The molecule has 0 saturated carbocycles. The molecule has 0 aromatic heterocycles. The van der Waals surface area contributed by atoms with Crippen LogP contribution in [0.3, 0.4) is 0 Å². The molecule has 1 saturated heterocycles. The van der Waals surface area contributed by atoms with Crippen LogP contribution in [0.2, 0.25) is 0 Å². The Hall–Kier alpha value is -1.16. The number of benzene rings is 1. The molecule has 4 heteroatoms. The maximum atomic E-state index is 12.4. The Labute approximate surface area is 109 Å². The van der Waals surface area contributed by atoms with Gasteiger partial charge in [0, 0.05) is 16.4 Å². The number of hydrogen-bond acceptors (Lipinski definition) is 2. The SMILES string of the molecule is CC1(C)CC(=O)CN1C(=O)c1ccccc1Br. The first-order chi connectivity index (χ1) is 7.92. The van der Waals surface area contributed by atoms with Gasteiger partial charge in [0.15, 0.2) is 5.78 Å². The predicted molar refractivity (Wildman–Crippen MR) is 68.9 cm³/mol. The van der Waals surface area contributed by atoms with Gasteiger partial charge in [0.1, 0.15) is 0 Å². The molecule has 0 unspecified atom stereocenters. The minimum Gasteiger partial charge on any atom is -0.326 e. The summed E-state index contributed by atoms with van der Waals surface area (Å²) in [6.45, 7) is 4.06. The molecule has 1 fully saturated rings. The van der Waals surface area contributed by atoms with Crippen molar-refractivity contribution < 1.29 is 9.59 Å². The van der Waals surface area contributed by atoms with Gasteiger partial charge in [-0.15, -0.1) is 0 Å². The first-order valence-electron chi connectivity index (χ1n) is 5.50. The van der Waals surface area contributed by atoms with E-state index < -0.39 is 0 Å². The quantitative estimate of drug-likeness (QED) is 0.799. The molecule has 90 valence electrons. The molecule has 2 rings (SSSR count). The molecule has 0 N–H and O–H groups in total. The Bertz CT molecular complexity index is 482. The van der Waals surface area contributed by atoms with Crippen LogP contribution in [0.5, 0.6) is 0 Å². The fourth-order valence-electron chi connectivity index (χ4n) is 2.15. The molecule has 1 aliphatic heterocycles. The fraction of sp³-hybridized carbons (Fsp3) is 0.385. The van der Waals surface area contributed by atoms with E-state index in [2.05, 4.69) is 15.9 Å². The summed E-state index contributed by atoms with van der Waals surface area (Å²) < 4.78 is 0.764. The number of nitrogens with zero attached hydrogens (tertiary/aromatic N) is 1. The van der Waals surface area contributed by atoms with Crippen LogP contribution in [0.4, 0.5) is 0 Å². The van der Waals surface area contributed by atoms with Gasteiger partial charge in [0.25, 0.3) is 5.91 Å². The highest BCUT2D eigenvalue weighted by Gasteiger charge is 2.40. The average molecular weight is 296 g/mol. The topological polar surface area (TPSA) is 37.4 Å². The van der Waals surface area contributed by atoms with Crippen LogP contribution in [0.1, 0.15) is 30.6 Å². The average Bonchev–Trinajstić information content (AvgIpc) is 2.51. The molecular weight excluding hydrogens is 282 g/mol. The molecule has 3 nitrogen and oxygen atoms in total. The van der Waals surface area contributed by atoms with Crippen LogP contribution in [0.15, 0.2) is 28.7 Å². The van der Waals surface area contributed by atoms with Gasteiger partial charge >= 0.3 is 0 Å². The molecule has 1 aromatic carbocycles. The lowest BCUT2D eigenvalue weighted by Gasteiger charge is -2.30. The number of hydrogen-bond donors (Lipinski definition) is 0. The molecule has 17 heavy (non-hydrogen) atoms. The molecule has 1 aromatic rings. The van der Waals surface area contributed by atoms with Gasteiger partial charge in [-0.25, -0.2) is 0 Å². The van der Waals surface area contributed by atoms with Gasteiger partial charge in [0.2, 0.25) is 0 Å². The number of carbonyl (C=O) groups excluding carboxylic acids is 2. The summed E-state index contributed by atoms with van der Waals surface area (Å²) in [4.78, 5) is 25.5. The maximum absolute atomic E-state index is 12.4. The number of likely N-dealkylation sites (tertiary alicyclic amines) is 1. The summed E-state index contributed by atoms with van der Waals surface area (Å²) in [5.41, 5.74) is 0.221. The molecule has 1 aliphatic rings. The van der Waals surface area contributed by atoms with Crippen LogP contribution in [-0.4, -0.2) is 28.7 Å². The van der Waals surface area contributed by atoms with Crippen molar-refractivity contribution in [2.75, 3.05) is 6.54 Å². The number of halogens is 1. The highest BCUT2D eigenvalue weighted by Crippen LogP contribution is 2.29. The zero-order valence-electron chi connectivity index (χ0n) is 9.87. The van der Waals surface area contributed by atoms with Crippen LogP contribution >= 0.6 is 15.9 Å². The number of ketones is 1. The fourth-order valence-corrected chi connectivity index (χ4v) is 2.61. The Morgan fingerprint density at radius 3 is 2.53 bits per heavy atom. The standard InChI is InChI=1S/C13H14BrNO2/c1-13(2)7-9(16)8-15(13)12(17)10-5-3-4-6-11(10)14/h3-6H,7-8H2,1-2H3. The lowest BCUT2D eigenvalue weighted by Crippen LogP contribution is -2.42. The summed E-state index contributed by atoms with van der Waals surface area (Å²) in [7, 11) is 0. The zero-order valence-corrected chi connectivity index (χ0v) is 11.5. The zero-order chi connectivity index (χ0) is 12.6. The Balaban J connectivity index is 2.33. The van der Waals surface area contributed by atoms with Crippen molar-refractivity contribution in [1.82, 2.24) is 4.90 Å². The normalized spacial score (nSPS) is 18.5. The summed E-state index contributed by atoms with van der Waals surface area (Å²) in [6, 6.07) is 7.29. The van der Waals surface area contributed by atoms with Crippen molar-refractivity contribution in [3.63, 3.8) is 0 Å². The largest absolute Gasteiger partial charge is 0.326 e.